The van der Waals surface area contributed by atoms with Crippen LogP contribution in [0.3, 0.4) is 0 Å². The van der Waals surface area contributed by atoms with Crippen molar-refractivity contribution in [1.29, 1.82) is 0 Å². The van der Waals surface area contributed by atoms with Crippen molar-refractivity contribution in [3.05, 3.63) is 231 Å². The number of carbonyl (C=O) groups excluding carboxylic acids is 3. The second kappa shape index (κ2) is 68.0. The van der Waals surface area contributed by atoms with Gasteiger partial charge in [0.15, 0.2) is 6.10 Å². The second-order valence-corrected chi connectivity index (χ2v) is 19.8. The van der Waals surface area contributed by atoms with Crippen molar-refractivity contribution in [1.82, 2.24) is 0 Å². The maximum Gasteiger partial charge on any atom is 0.306 e. The van der Waals surface area contributed by atoms with Crippen molar-refractivity contribution in [2.45, 2.75) is 219 Å². The van der Waals surface area contributed by atoms with Gasteiger partial charge in [0.05, 0.1) is 0 Å². The van der Waals surface area contributed by atoms with Gasteiger partial charge < -0.3 is 14.2 Å². The van der Waals surface area contributed by atoms with E-state index in [9.17, 15) is 14.4 Å². The van der Waals surface area contributed by atoms with Crippen LogP contribution in [0.2, 0.25) is 0 Å². The van der Waals surface area contributed by atoms with Gasteiger partial charge in [-0.25, -0.2) is 0 Å². The lowest BCUT2D eigenvalue weighted by Gasteiger charge is -2.18. The van der Waals surface area contributed by atoms with E-state index in [1.807, 2.05) is 0 Å². The molecule has 0 fully saturated rings. The molecule has 83 heavy (non-hydrogen) atoms. The van der Waals surface area contributed by atoms with Crippen LogP contribution in [0.15, 0.2) is 231 Å². The molecule has 1 unspecified atom stereocenters. The van der Waals surface area contributed by atoms with Gasteiger partial charge in [0.25, 0.3) is 0 Å². The maximum absolute atomic E-state index is 12.9. The van der Waals surface area contributed by atoms with E-state index in [1.54, 1.807) is 0 Å². The van der Waals surface area contributed by atoms with Gasteiger partial charge >= 0.3 is 17.9 Å². The highest BCUT2D eigenvalue weighted by Gasteiger charge is 2.19. The first-order valence-electron chi connectivity index (χ1n) is 31.9. The number of carbonyl (C=O) groups is 3. The molecule has 0 saturated heterocycles. The molecule has 0 aliphatic carbocycles. The number of hydrogen-bond acceptors (Lipinski definition) is 6. The third kappa shape index (κ3) is 66.2. The zero-order chi connectivity index (χ0) is 59.9. The largest absolute Gasteiger partial charge is 0.462 e. The van der Waals surface area contributed by atoms with E-state index in [1.165, 1.54) is 0 Å². The van der Waals surface area contributed by atoms with E-state index >= 15 is 0 Å². The summed E-state index contributed by atoms with van der Waals surface area (Å²) in [6, 6.07) is 0. The Morgan fingerprint density at radius 3 is 0.687 bits per heavy atom. The topological polar surface area (TPSA) is 78.9 Å². The first-order valence-corrected chi connectivity index (χ1v) is 31.9. The van der Waals surface area contributed by atoms with Gasteiger partial charge in [0.2, 0.25) is 0 Å². The van der Waals surface area contributed by atoms with Crippen molar-refractivity contribution >= 4 is 17.9 Å². The Hall–Kier alpha value is -6.53. The highest BCUT2D eigenvalue weighted by atomic mass is 16.6. The molecule has 1 atom stereocenters. The number of rotatable bonds is 54. The van der Waals surface area contributed by atoms with Crippen LogP contribution >= 0.6 is 0 Å². The summed E-state index contributed by atoms with van der Waals surface area (Å²) in [5, 5.41) is 0. The fourth-order valence-electron chi connectivity index (χ4n) is 7.50. The highest BCUT2D eigenvalue weighted by Crippen LogP contribution is 2.10. The predicted octanol–water partition coefficient (Wildman–Crippen LogP) is 22.3. The molecule has 0 N–H and O–H groups in total. The summed E-state index contributed by atoms with van der Waals surface area (Å²) >= 11 is 0. The fraction of sp³-hybridized carbons (Fsp3) is 0.468. The summed E-state index contributed by atoms with van der Waals surface area (Å²) in [5.41, 5.74) is 0. The lowest BCUT2D eigenvalue weighted by Crippen LogP contribution is -2.30. The minimum Gasteiger partial charge on any atom is -0.462 e. The molecule has 0 aromatic rings. The first kappa shape index (κ1) is 76.5. The first-order chi connectivity index (χ1) is 41.0. The summed E-state index contributed by atoms with van der Waals surface area (Å²) < 4.78 is 16.8. The highest BCUT2D eigenvalue weighted by molar-refractivity contribution is 5.71. The second-order valence-electron chi connectivity index (χ2n) is 19.8. The maximum atomic E-state index is 12.9. The molecule has 6 nitrogen and oxygen atoms in total. The SMILES string of the molecule is CC/C=C\C/C=C\C/C=C\C/C=C\C/C=C\C/C=C\C/C=C\C/C=C\C/C=C\CCCC(=O)OCC(COC(=O)CCC/C=C\C/C=C\C/C=C\C/C=C\C/C=C\CC)OC(=O)CCCCC/C=C\C/C=C\C/C=C\C/C=C\C/C=C\CC. The average Bonchev–Trinajstić information content (AvgIpc) is 3.49. The third-order valence-corrected chi connectivity index (χ3v) is 12.1. The van der Waals surface area contributed by atoms with Gasteiger partial charge in [0, 0.05) is 19.3 Å². The molecular formula is C77H112O6. The molecule has 0 aromatic carbocycles. The van der Waals surface area contributed by atoms with Crippen molar-refractivity contribution in [2.24, 2.45) is 0 Å². The number of unbranched alkanes of at least 4 members (excludes halogenated alkanes) is 5. The van der Waals surface area contributed by atoms with Crippen LogP contribution in [-0.2, 0) is 28.6 Å². The molecule has 0 saturated carbocycles. The third-order valence-electron chi connectivity index (χ3n) is 12.1. The van der Waals surface area contributed by atoms with Crippen LogP contribution < -0.4 is 0 Å². The van der Waals surface area contributed by atoms with Gasteiger partial charge in [-0.05, 0) is 167 Å². The molecule has 0 heterocycles. The quantitative estimate of drug-likeness (QED) is 0.0261. The molecule has 6 heteroatoms. The number of ether oxygens (including phenoxy) is 3. The Labute approximate surface area is 507 Å². The van der Waals surface area contributed by atoms with Crippen LogP contribution in [0.5, 0.6) is 0 Å². The molecule has 0 spiro atoms. The molecule has 0 bridgehead atoms. The Balaban J connectivity index is 4.64. The average molecular weight is 1130 g/mol. The van der Waals surface area contributed by atoms with Crippen molar-refractivity contribution in [2.75, 3.05) is 13.2 Å². The molecule has 0 aliphatic heterocycles. The van der Waals surface area contributed by atoms with Gasteiger partial charge in [-0.15, -0.1) is 0 Å². The molecule has 456 valence electrons. The standard InChI is InChI=1S/C77H112O6/c1-4-7-10-13-16-19-22-25-28-31-33-34-35-36-37-38-39-40-41-42-44-46-49-52-55-58-61-64-67-70-76(79)82-73-74(72-81-75(78)69-66-63-60-57-54-51-48-45-30-27-24-21-18-15-12-9-6-3)83-77(80)71-68-65-62-59-56-53-50-47-43-32-29-26-23-20-17-14-11-8-5-2/h7-12,16-21,25-30,33-34,36-37,39-40,42-44,47-49,51-53,56-58,60-61,74H,4-6,13-15,22-24,31-32,35,38,41,45-46,50,54-55,59,62-73H2,1-3H3/b10-7-,11-8-,12-9-,19-16-,20-17-,21-18-,28-25-,29-26-,30-27-,34-33-,37-36-,40-39-,44-42-,47-43-,51-48-,52-49-,56-53-,60-57-,61-58-. The van der Waals surface area contributed by atoms with E-state index in [0.717, 1.165) is 154 Å². The van der Waals surface area contributed by atoms with E-state index in [2.05, 4.69) is 252 Å². The van der Waals surface area contributed by atoms with Crippen LogP contribution in [-0.4, -0.2) is 37.2 Å². The smallest absolute Gasteiger partial charge is 0.306 e. The van der Waals surface area contributed by atoms with Crippen LogP contribution in [0.1, 0.15) is 213 Å². The minimum absolute atomic E-state index is 0.154. The van der Waals surface area contributed by atoms with Gasteiger partial charge in [0.1, 0.15) is 13.2 Å². The summed E-state index contributed by atoms with van der Waals surface area (Å²) in [6.45, 7) is 6.14. The summed E-state index contributed by atoms with van der Waals surface area (Å²) in [7, 11) is 0. The predicted molar refractivity (Wildman–Crippen MR) is 361 cm³/mol. The number of esters is 3. The Kier molecular flexibility index (Phi) is 62.6. The van der Waals surface area contributed by atoms with Crippen molar-refractivity contribution in [3.8, 4) is 0 Å². The molecule has 0 aliphatic rings. The van der Waals surface area contributed by atoms with E-state index in [0.29, 0.717) is 19.3 Å². The normalized spacial score (nSPS) is 13.7. The fourth-order valence-corrected chi connectivity index (χ4v) is 7.50. The van der Waals surface area contributed by atoms with Gasteiger partial charge in [-0.1, -0.05) is 258 Å². The van der Waals surface area contributed by atoms with E-state index < -0.39 is 6.10 Å². The Morgan fingerprint density at radius 1 is 0.241 bits per heavy atom. The number of hydrogen-bond donors (Lipinski definition) is 0. The van der Waals surface area contributed by atoms with E-state index in [4.69, 9.17) is 14.2 Å². The van der Waals surface area contributed by atoms with Crippen molar-refractivity contribution < 1.29 is 28.6 Å². The summed E-state index contributed by atoms with van der Waals surface area (Å²) in [5.74, 6) is -1.12. The van der Waals surface area contributed by atoms with Crippen LogP contribution in [0.25, 0.3) is 0 Å². The Bertz CT molecular complexity index is 2130. The molecule has 0 radical (unpaired) electrons. The number of allylic oxidation sites excluding steroid dienone is 38. The monoisotopic (exact) mass is 1130 g/mol. The van der Waals surface area contributed by atoms with Crippen molar-refractivity contribution in [3.63, 3.8) is 0 Å². The van der Waals surface area contributed by atoms with Crippen LogP contribution in [0.4, 0.5) is 0 Å². The zero-order valence-electron chi connectivity index (χ0n) is 52.1. The summed E-state index contributed by atoms with van der Waals surface area (Å²) in [4.78, 5) is 38.3. The Morgan fingerprint density at radius 2 is 0.446 bits per heavy atom. The molecule has 0 rings (SSSR count). The molecule has 0 aromatic heterocycles. The van der Waals surface area contributed by atoms with Crippen LogP contribution in [0, 0.1) is 0 Å². The molecule has 0 amide bonds. The lowest BCUT2D eigenvalue weighted by molar-refractivity contribution is -0.167. The molecular weight excluding hydrogens is 1020 g/mol. The lowest BCUT2D eigenvalue weighted by atomic mass is 10.1. The van der Waals surface area contributed by atoms with E-state index in [-0.39, 0.29) is 50.4 Å². The van der Waals surface area contributed by atoms with Gasteiger partial charge in [-0.2, -0.15) is 0 Å². The zero-order valence-corrected chi connectivity index (χ0v) is 52.1. The summed E-state index contributed by atoms with van der Waals surface area (Å²) in [6.07, 6.45) is 108. The minimum atomic E-state index is -0.860. The van der Waals surface area contributed by atoms with Gasteiger partial charge in [-0.3, -0.25) is 14.4 Å².